The van der Waals surface area contributed by atoms with Gasteiger partial charge in [0.2, 0.25) is 0 Å². The van der Waals surface area contributed by atoms with Crippen LogP contribution in [0.3, 0.4) is 0 Å². The van der Waals surface area contributed by atoms with E-state index >= 15 is 0 Å². The van der Waals surface area contributed by atoms with Crippen molar-refractivity contribution in [3.05, 3.63) is 29.8 Å². The molecule has 1 aliphatic rings. The summed E-state index contributed by atoms with van der Waals surface area (Å²) in [5, 5.41) is 2.85. The van der Waals surface area contributed by atoms with Gasteiger partial charge >= 0.3 is 0 Å². The van der Waals surface area contributed by atoms with Crippen LogP contribution in [0.1, 0.15) is 23.2 Å². The summed E-state index contributed by atoms with van der Waals surface area (Å²) in [5.74, 6) is 5.38. The van der Waals surface area contributed by atoms with Crippen LogP contribution in [0.4, 0.5) is 5.69 Å². The normalized spacial score (nSPS) is 18.8. The van der Waals surface area contributed by atoms with E-state index in [1.54, 1.807) is 24.3 Å². The SMILES string of the molecule is NNc1ccccc1C(=O)NC1CCS(=O)(=O)CC1. The third-order valence-electron chi connectivity index (χ3n) is 3.22. The number of anilines is 1. The predicted octanol–water partition coefficient (Wildman–Crippen LogP) is 0.279. The van der Waals surface area contributed by atoms with Gasteiger partial charge in [-0.3, -0.25) is 10.6 Å². The zero-order valence-electron chi connectivity index (χ0n) is 10.4. The summed E-state index contributed by atoms with van der Waals surface area (Å²) in [6.07, 6.45) is 0.929. The van der Waals surface area contributed by atoms with Crippen molar-refractivity contribution in [1.29, 1.82) is 0 Å². The highest BCUT2D eigenvalue weighted by Crippen LogP contribution is 2.16. The minimum atomic E-state index is -2.91. The molecule has 19 heavy (non-hydrogen) atoms. The number of nitrogens with one attached hydrogen (secondary N) is 2. The summed E-state index contributed by atoms with van der Waals surface area (Å²) in [6.45, 7) is 0. The monoisotopic (exact) mass is 283 g/mol. The Labute approximate surface area is 112 Å². The van der Waals surface area contributed by atoms with Crippen LogP contribution < -0.4 is 16.6 Å². The van der Waals surface area contributed by atoms with Gasteiger partial charge in [0.1, 0.15) is 9.84 Å². The summed E-state index contributed by atoms with van der Waals surface area (Å²) < 4.78 is 22.6. The van der Waals surface area contributed by atoms with Crippen LogP contribution in [0, 0.1) is 0 Å². The number of rotatable bonds is 3. The van der Waals surface area contributed by atoms with Gasteiger partial charge in [0.25, 0.3) is 5.91 Å². The predicted molar refractivity (Wildman–Crippen MR) is 73.4 cm³/mol. The second kappa shape index (κ2) is 5.58. The van der Waals surface area contributed by atoms with Gasteiger partial charge in [0, 0.05) is 6.04 Å². The first-order valence-electron chi connectivity index (χ1n) is 6.09. The molecule has 1 aromatic rings. The molecule has 1 amide bonds. The van der Waals surface area contributed by atoms with E-state index in [2.05, 4.69) is 10.7 Å². The summed E-state index contributed by atoms with van der Waals surface area (Å²) in [4.78, 5) is 12.1. The van der Waals surface area contributed by atoms with Crippen molar-refractivity contribution in [2.24, 2.45) is 5.84 Å². The Balaban J connectivity index is 2.02. The van der Waals surface area contributed by atoms with Crippen LogP contribution in [-0.2, 0) is 9.84 Å². The first kappa shape index (κ1) is 13.8. The number of sulfone groups is 1. The largest absolute Gasteiger partial charge is 0.349 e. The van der Waals surface area contributed by atoms with Crippen LogP contribution in [0.15, 0.2) is 24.3 Å². The highest BCUT2D eigenvalue weighted by molar-refractivity contribution is 7.91. The number of hydrazine groups is 1. The Hall–Kier alpha value is -1.60. The van der Waals surface area contributed by atoms with E-state index in [4.69, 9.17) is 5.84 Å². The third kappa shape index (κ3) is 3.45. The zero-order chi connectivity index (χ0) is 13.9. The molecule has 104 valence electrons. The summed E-state index contributed by atoms with van der Waals surface area (Å²) in [5.41, 5.74) is 3.47. The van der Waals surface area contributed by atoms with Gasteiger partial charge in [0.15, 0.2) is 0 Å². The lowest BCUT2D eigenvalue weighted by molar-refractivity contribution is 0.0935. The van der Waals surface area contributed by atoms with Crippen LogP contribution in [0.25, 0.3) is 0 Å². The summed E-state index contributed by atoms with van der Waals surface area (Å²) >= 11 is 0. The number of benzene rings is 1. The molecule has 6 nitrogen and oxygen atoms in total. The van der Waals surface area contributed by atoms with Crippen molar-refractivity contribution in [3.8, 4) is 0 Å². The quantitative estimate of drug-likeness (QED) is 0.546. The Kier molecular flexibility index (Phi) is 4.06. The van der Waals surface area contributed by atoms with E-state index in [1.165, 1.54) is 0 Å². The molecule has 4 N–H and O–H groups in total. The van der Waals surface area contributed by atoms with Gasteiger partial charge < -0.3 is 10.7 Å². The molecule has 0 atom stereocenters. The molecular formula is C12H17N3O3S. The molecule has 1 aliphatic heterocycles. The molecule has 0 unspecified atom stereocenters. The lowest BCUT2D eigenvalue weighted by Crippen LogP contribution is -2.41. The van der Waals surface area contributed by atoms with Crippen molar-refractivity contribution in [1.82, 2.24) is 5.32 Å². The molecule has 0 aromatic heterocycles. The highest BCUT2D eigenvalue weighted by Gasteiger charge is 2.25. The van der Waals surface area contributed by atoms with E-state index in [0.29, 0.717) is 24.1 Å². The van der Waals surface area contributed by atoms with Crippen LogP contribution >= 0.6 is 0 Å². The topological polar surface area (TPSA) is 101 Å². The molecule has 1 aromatic carbocycles. The van der Waals surface area contributed by atoms with Crippen molar-refractivity contribution in [2.45, 2.75) is 18.9 Å². The molecule has 7 heteroatoms. The lowest BCUT2D eigenvalue weighted by atomic mass is 10.1. The number of hydrogen-bond donors (Lipinski definition) is 3. The molecule has 1 heterocycles. The van der Waals surface area contributed by atoms with Gasteiger partial charge in [0.05, 0.1) is 22.8 Å². The van der Waals surface area contributed by atoms with Crippen LogP contribution in [0.2, 0.25) is 0 Å². The standard InChI is InChI=1S/C12H17N3O3S/c13-15-11-4-2-1-3-10(11)12(16)14-9-5-7-19(17,18)8-6-9/h1-4,9,15H,5-8,13H2,(H,14,16). The van der Waals surface area contributed by atoms with Crippen molar-refractivity contribution < 1.29 is 13.2 Å². The van der Waals surface area contributed by atoms with Crippen molar-refractivity contribution >= 4 is 21.4 Å². The molecule has 0 bridgehead atoms. The number of nitrogens with two attached hydrogens (primary N) is 1. The highest BCUT2D eigenvalue weighted by atomic mass is 32.2. The number of para-hydroxylation sites is 1. The number of nitrogen functional groups attached to an aromatic ring is 1. The second-order valence-electron chi connectivity index (χ2n) is 4.59. The number of carbonyl (C=O) groups excluding carboxylic acids is 1. The van der Waals surface area contributed by atoms with E-state index < -0.39 is 9.84 Å². The maximum absolute atomic E-state index is 12.1. The van der Waals surface area contributed by atoms with Crippen molar-refractivity contribution in [3.63, 3.8) is 0 Å². The Morgan fingerprint density at radius 1 is 1.21 bits per heavy atom. The maximum atomic E-state index is 12.1. The van der Waals surface area contributed by atoms with Crippen LogP contribution in [0.5, 0.6) is 0 Å². The first-order valence-corrected chi connectivity index (χ1v) is 7.91. The molecule has 0 radical (unpaired) electrons. The Bertz CT molecular complexity index is 557. The van der Waals surface area contributed by atoms with Crippen LogP contribution in [-0.4, -0.2) is 31.9 Å². The van der Waals surface area contributed by atoms with E-state index in [0.717, 1.165) is 0 Å². The van der Waals surface area contributed by atoms with Gasteiger partial charge in [-0.05, 0) is 25.0 Å². The third-order valence-corrected chi connectivity index (χ3v) is 4.93. The molecule has 0 spiro atoms. The number of carbonyl (C=O) groups is 1. The summed E-state index contributed by atoms with van der Waals surface area (Å²) in [6, 6.07) is 6.81. The van der Waals surface area contributed by atoms with Gasteiger partial charge in [-0.1, -0.05) is 12.1 Å². The summed E-state index contributed by atoms with van der Waals surface area (Å²) in [7, 11) is -2.91. The fraction of sp³-hybridized carbons (Fsp3) is 0.417. The van der Waals surface area contributed by atoms with Gasteiger partial charge in [-0.2, -0.15) is 0 Å². The Morgan fingerprint density at radius 3 is 2.47 bits per heavy atom. The molecular weight excluding hydrogens is 266 g/mol. The fourth-order valence-electron chi connectivity index (χ4n) is 2.10. The van der Waals surface area contributed by atoms with E-state index in [1.807, 2.05) is 0 Å². The minimum absolute atomic E-state index is 0.0955. The fourth-order valence-corrected chi connectivity index (χ4v) is 3.60. The average molecular weight is 283 g/mol. The van der Waals surface area contributed by atoms with E-state index in [9.17, 15) is 13.2 Å². The molecule has 1 saturated heterocycles. The molecule has 2 rings (SSSR count). The number of amides is 1. The van der Waals surface area contributed by atoms with Crippen molar-refractivity contribution in [2.75, 3.05) is 16.9 Å². The zero-order valence-corrected chi connectivity index (χ0v) is 11.2. The van der Waals surface area contributed by atoms with Gasteiger partial charge in [-0.25, -0.2) is 8.42 Å². The smallest absolute Gasteiger partial charge is 0.253 e. The van der Waals surface area contributed by atoms with E-state index in [-0.39, 0.29) is 23.5 Å². The molecule has 1 fully saturated rings. The molecule has 0 aliphatic carbocycles. The average Bonchev–Trinajstić information content (AvgIpc) is 2.41. The Morgan fingerprint density at radius 2 is 1.84 bits per heavy atom. The second-order valence-corrected chi connectivity index (χ2v) is 6.89. The van der Waals surface area contributed by atoms with Gasteiger partial charge in [-0.15, -0.1) is 0 Å². The number of hydrogen-bond acceptors (Lipinski definition) is 5. The maximum Gasteiger partial charge on any atom is 0.253 e. The lowest BCUT2D eigenvalue weighted by Gasteiger charge is -2.23. The molecule has 0 saturated carbocycles. The first-order chi connectivity index (χ1) is 9.02. The minimum Gasteiger partial charge on any atom is -0.349 e.